The van der Waals surface area contributed by atoms with E-state index in [2.05, 4.69) is 33.9 Å². The maximum atomic E-state index is 11.6. The second kappa shape index (κ2) is 4.97. The summed E-state index contributed by atoms with van der Waals surface area (Å²) >= 11 is 0. The van der Waals surface area contributed by atoms with Gasteiger partial charge in [0, 0.05) is 25.4 Å². The molecule has 0 unspecified atom stereocenters. The first-order chi connectivity index (χ1) is 8.65. The molecule has 0 spiro atoms. The molecule has 0 heterocycles. The van der Waals surface area contributed by atoms with Crippen molar-refractivity contribution in [3.05, 3.63) is 0 Å². The van der Waals surface area contributed by atoms with Gasteiger partial charge in [0.2, 0.25) is 0 Å². The van der Waals surface area contributed by atoms with Crippen molar-refractivity contribution >= 4 is 14.1 Å². The second-order valence-corrected chi connectivity index (χ2v) is 12.6. The Kier molecular flexibility index (Phi) is 3.98. The number of fused-ring (bicyclic) bond motifs is 1. The fourth-order valence-corrected chi connectivity index (χ4v) is 4.79. The fourth-order valence-electron chi connectivity index (χ4n) is 3.41. The van der Waals surface area contributed by atoms with Gasteiger partial charge in [-0.1, -0.05) is 20.8 Å². The van der Waals surface area contributed by atoms with E-state index in [0.29, 0.717) is 30.5 Å². The van der Waals surface area contributed by atoms with Crippen LogP contribution in [0.4, 0.5) is 0 Å². The van der Waals surface area contributed by atoms with Crippen molar-refractivity contribution in [3.8, 4) is 0 Å². The van der Waals surface area contributed by atoms with Gasteiger partial charge in [0.15, 0.2) is 8.32 Å². The fraction of sp³-hybridized carbons (Fsp3) is 0.933. The summed E-state index contributed by atoms with van der Waals surface area (Å²) in [6.45, 7) is 11.4. The van der Waals surface area contributed by atoms with E-state index in [1.165, 1.54) is 0 Å². The summed E-state index contributed by atoms with van der Waals surface area (Å²) in [6.07, 6.45) is 2.49. The second-order valence-electron chi connectivity index (χ2n) is 7.87. The Morgan fingerprint density at radius 3 is 2.47 bits per heavy atom. The Labute approximate surface area is 117 Å². The summed E-state index contributed by atoms with van der Waals surface area (Å²) in [6, 6.07) is 0. The topological polar surface area (TPSA) is 46.5 Å². The van der Waals surface area contributed by atoms with Gasteiger partial charge in [0.1, 0.15) is 5.78 Å². The third-order valence-corrected chi connectivity index (χ3v) is 10.1. The molecule has 2 saturated carbocycles. The molecule has 2 rings (SSSR count). The highest BCUT2D eigenvalue weighted by molar-refractivity contribution is 6.74. The summed E-state index contributed by atoms with van der Waals surface area (Å²) in [5.74, 6) is 1.37. The minimum atomic E-state index is -1.79. The number of Topliss-reactive ketones (excluding diaryl/α,β-unsaturated/α-hetero) is 1. The zero-order valence-electron chi connectivity index (χ0n) is 12.9. The molecule has 3 nitrogen and oxygen atoms in total. The van der Waals surface area contributed by atoms with Crippen LogP contribution in [0.15, 0.2) is 0 Å². The van der Waals surface area contributed by atoms with Crippen molar-refractivity contribution in [1.82, 2.24) is 0 Å². The van der Waals surface area contributed by atoms with E-state index in [9.17, 15) is 9.90 Å². The Bertz CT molecular complexity index is 359. The molecule has 2 aliphatic carbocycles. The van der Waals surface area contributed by atoms with Crippen LogP contribution in [0.2, 0.25) is 18.1 Å². The van der Waals surface area contributed by atoms with Crippen molar-refractivity contribution in [1.29, 1.82) is 0 Å². The van der Waals surface area contributed by atoms with E-state index in [1.807, 2.05) is 0 Å². The van der Waals surface area contributed by atoms with Crippen LogP contribution in [0.3, 0.4) is 0 Å². The number of carbonyl (C=O) groups is 1. The zero-order valence-corrected chi connectivity index (χ0v) is 13.9. The molecule has 0 aromatic rings. The normalized spacial score (nSPS) is 35.8. The van der Waals surface area contributed by atoms with Crippen LogP contribution < -0.4 is 0 Å². The molecule has 2 fully saturated rings. The van der Waals surface area contributed by atoms with Crippen molar-refractivity contribution < 1.29 is 14.3 Å². The van der Waals surface area contributed by atoms with Crippen LogP contribution in [-0.4, -0.2) is 31.9 Å². The molecular weight excluding hydrogens is 256 g/mol. The van der Waals surface area contributed by atoms with E-state index in [0.717, 1.165) is 6.42 Å². The molecule has 0 aromatic carbocycles. The van der Waals surface area contributed by atoms with Gasteiger partial charge in [0.25, 0.3) is 0 Å². The lowest BCUT2D eigenvalue weighted by Crippen LogP contribution is -2.45. The van der Waals surface area contributed by atoms with Crippen LogP contribution in [0.1, 0.15) is 40.0 Å². The first kappa shape index (κ1) is 15.2. The monoisotopic (exact) mass is 284 g/mol. The van der Waals surface area contributed by atoms with Crippen LogP contribution >= 0.6 is 0 Å². The molecule has 0 radical (unpaired) electrons. The van der Waals surface area contributed by atoms with Crippen LogP contribution in [-0.2, 0) is 9.22 Å². The molecule has 1 N–H and O–H groups in total. The minimum Gasteiger partial charge on any atom is -0.414 e. The van der Waals surface area contributed by atoms with Crippen molar-refractivity contribution in [3.63, 3.8) is 0 Å². The highest BCUT2D eigenvalue weighted by atomic mass is 28.4. The van der Waals surface area contributed by atoms with E-state index < -0.39 is 8.32 Å². The van der Waals surface area contributed by atoms with Gasteiger partial charge in [0.05, 0.1) is 6.10 Å². The lowest BCUT2D eigenvalue weighted by molar-refractivity contribution is -0.118. The van der Waals surface area contributed by atoms with Crippen LogP contribution in [0.25, 0.3) is 0 Å². The first-order valence-corrected chi connectivity index (χ1v) is 10.4. The summed E-state index contributed by atoms with van der Waals surface area (Å²) in [5.41, 5.74) is 0. The number of rotatable bonds is 3. The average molecular weight is 284 g/mol. The molecule has 0 amide bonds. The Balaban J connectivity index is 2.08. The molecule has 19 heavy (non-hydrogen) atoms. The van der Waals surface area contributed by atoms with Gasteiger partial charge in [-0.2, -0.15) is 0 Å². The quantitative estimate of drug-likeness (QED) is 0.810. The van der Waals surface area contributed by atoms with Crippen LogP contribution in [0, 0.1) is 17.8 Å². The third-order valence-electron chi connectivity index (χ3n) is 5.58. The van der Waals surface area contributed by atoms with Gasteiger partial charge in [-0.25, -0.2) is 0 Å². The molecule has 0 bridgehead atoms. The highest BCUT2D eigenvalue weighted by Crippen LogP contribution is 2.49. The molecule has 4 atom stereocenters. The van der Waals surface area contributed by atoms with Gasteiger partial charge in [-0.3, -0.25) is 4.79 Å². The summed E-state index contributed by atoms with van der Waals surface area (Å²) in [7, 11) is -1.79. The maximum Gasteiger partial charge on any atom is 0.192 e. The van der Waals surface area contributed by atoms with Crippen molar-refractivity contribution in [2.45, 2.75) is 64.3 Å². The standard InChI is InChI=1S/C15H28O3Si/c1-15(2,3)19(4,5)18-14-7-10-6-11(17)8-12(10)13(14)9-16/h10,12-14,16H,6-9H2,1-5H3/t10-,12+,13-,14-/m1/s1. The lowest BCUT2D eigenvalue weighted by atomic mass is 9.92. The van der Waals surface area contributed by atoms with E-state index in [-0.39, 0.29) is 23.7 Å². The van der Waals surface area contributed by atoms with E-state index in [4.69, 9.17) is 4.43 Å². The van der Waals surface area contributed by atoms with E-state index in [1.54, 1.807) is 0 Å². The molecule has 4 heteroatoms. The summed E-state index contributed by atoms with van der Waals surface area (Å²) < 4.78 is 6.51. The predicted octanol–water partition coefficient (Wildman–Crippen LogP) is 2.98. The SMILES string of the molecule is CC(C)(C)[Si](C)(C)O[C@@H]1C[C@H]2CC(=O)C[C@@H]2[C@H]1CO. The molecular formula is C15H28O3Si. The zero-order chi connectivity index (χ0) is 14.4. The van der Waals surface area contributed by atoms with Gasteiger partial charge < -0.3 is 9.53 Å². The maximum absolute atomic E-state index is 11.6. The minimum absolute atomic E-state index is 0.160. The number of hydrogen-bond acceptors (Lipinski definition) is 3. The molecule has 2 aliphatic rings. The number of hydrogen-bond donors (Lipinski definition) is 1. The Morgan fingerprint density at radius 1 is 1.32 bits per heavy atom. The number of carbonyl (C=O) groups excluding carboxylic acids is 1. The molecule has 110 valence electrons. The number of ketones is 1. The van der Waals surface area contributed by atoms with Crippen LogP contribution in [0.5, 0.6) is 0 Å². The molecule has 0 aliphatic heterocycles. The Morgan fingerprint density at radius 2 is 1.95 bits per heavy atom. The number of aliphatic hydroxyl groups is 1. The smallest absolute Gasteiger partial charge is 0.192 e. The van der Waals surface area contributed by atoms with Crippen molar-refractivity contribution in [2.75, 3.05) is 6.61 Å². The largest absolute Gasteiger partial charge is 0.414 e. The predicted molar refractivity (Wildman–Crippen MR) is 78.5 cm³/mol. The van der Waals surface area contributed by atoms with E-state index >= 15 is 0 Å². The third kappa shape index (κ3) is 2.81. The Hall–Kier alpha value is -0.193. The highest BCUT2D eigenvalue weighted by Gasteiger charge is 2.51. The van der Waals surface area contributed by atoms with Gasteiger partial charge in [-0.15, -0.1) is 0 Å². The average Bonchev–Trinajstić information content (AvgIpc) is 2.70. The summed E-state index contributed by atoms with van der Waals surface area (Å²) in [5, 5.41) is 9.89. The molecule has 0 aromatic heterocycles. The van der Waals surface area contributed by atoms with Crippen molar-refractivity contribution in [2.24, 2.45) is 17.8 Å². The molecule has 0 saturated heterocycles. The first-order valence-electron chi connectivity index (χ1n) is 7.46. The van der Waals surface area contributed by atoms with Gasteiger partial charge in [-0.05, 0) is 36.4 Å². The lowest BCUT2D eigenvalue weighted by Gasteiger charge is -2.40. The van der Waals surface area contributed by atoms with Gasteiger partial charge >= 0.3 is 0 Å². The summed E-state index contributed by atoms with van der Waals surface area (Å²) in [4.78, 5) is 11.6. The number of aliphatic hydroxyl groups excluding tert-OH is 1.